The number of carbonyl (C=O) groups excluding carboxylic acids is 2. The summed E-state index contributed by atoms with van der Waals surface area (Å²) in [5, 5.41) is 0.746. The van der Waals surface area contributed by atoms with E-state index in [0.29, 0.717) is 11.3 Å². The Balaban J connectivity index is 1.78. The summed E-state index contributed by atoms with van der Waals surface area (Å²) in [5.74, 6) is -1.31. The first-order valence-corrected chi connectivity index (χ1v) is 8.24. The molecule has 0 radical (unpaired) electrons. The second kappa shape index (κ2) is 7.57. The SMILES string of the molecule is Cc1[nH]c2ccccc2c1C(=O)[C@@H](C)OC(=O)c1cccc(OC(F)F)c1. The Hall–Kier alpha value is -3.22. The summed E-state index contributed by atoms with van der Waals surface area (Å²) in [6, 6.07) is 12.6. The van der Waals surface area contributed by atoms with Gasteiger partial charge in [0.2, 0.25) is 5.78 Å². The number of halogens is 2. The van der Waals surface area contributed by atoms with Crippen molar-refractivity contribution >= 4 is 22.7 Å². The van der Waals surface area contributed by atoms with Crippen molar-refractivity contribution in [2.75, 3.05) is 0 Å². The summed E-state index contributed by atoms with van der Waals surface area (Å²) < 4.78 is 34.1. The third-order valence-corrected chi connectivity index (χ3v) is 4.09. The number of alkyl halides is 2. The van der Waals surface area contributed by atoms with Crippen molar-refractivity contribution in [2.45, 2.75) is 26.6 Å². The molecule has 0 aliphatic heterocycles. The van der Waals surface area contributed by atoms with Crippen LogP contribution in [0.25, 0.3) is 10.9 Å². The summed E-state index contributed by atoms with van der Waals surface area (Å²) >= 11 is 0. The van der Waals surface area contributed by atoms with E-state index in [0.717, 1.165) is 17.0 Å². The first kappa shape index (κ1) is 18.6. The van der Waals surface area contributed by atoms with E-state index in [1.165, 1.54) is 25.1 Å². The van der Waals surface area contributed by atoms with E-state index in [1.54, 1.807) is 6.92 Å². The average Bonchev–Trinajstić information content (AvgIpc) is 2.96. The molecule has 1 atom stereocenters. The van der Waals surface area contributed by atoms with Gasteiger partial charge in [-0.15, -0.1) is 0 Å². The molecule has 7 heteroatoms. The van der Waals surface area contributed by atoms with E-state index in [9.17, 15) is 18.4 Å². The molecular weight excluding hydrogens is 356 g/mol. The van der Waals surface area contributed by atoms with E-state index in [-0.39, 0.29) is 17.1 Å². The van der Waals surface area contributed by atoms with Gasteiger partial charge in [0.15, 0.2) is 6.10 Å². The zero-order valence-corrected chi connectivity index (χ0v) is 14.7. The number of aromatic amines is 1. The smallest absolute Gasteiger partial charge is 0.387 e. The third kappa shape index (κ3) is 3.97. The van der Waals surface area contributed by atoms with E-state index >= 15 is 0 Å². The highest BCUT2D eigenvalue weighted by molar-refractivity contribution is 6.11. The number of para-hydroxylation sites is 1. The molecule has 3 aromatic rings. The second-order valence-corrected chi connectivity index (χ2v) is 5.99. The lowest BCUT2D eigenvalue weighted by atomic mass is 10.0. The summed E-state index contributed by atoms with van der Waals surface area (Å²) in [7, 11) is 0. The fraction of sp³-hybridized carbons (Fsp3) is 0.200. The molecule has 1 N–H and O–H groups in total. The maximum absolute atomic E-state index is 12.8. The number of hydrogen-bond donors (Lipinski definition) is 1. The molecule has 0 amide bonds. The van der Waals surface area contributed by atoms with Gasteiger partial charge in [-0.3, -0.25) is 4.79 Å². The Bertz CT molecular complexity index is 997. The standard InChI is InChI=1S/C20H17F2NO4/c1-11-17(15-8-3-4-9-16(15)23-11)18(24)12(2)26-19(25)13-6-5-7-14(10-13)27-20(21)22/h3-10,12,20,23H,1-2H3/t12-/m1/s1. The molecule has 0 saturated heterocycles. The number of aryl methyl sites for hydroxylation is 1. The van der Waals surface area contributed by atoms with Crippen LogP contribution in [0, 0.1) is 6.92 Å². The Labute approximate surface area is 153 Å². The molecule has 27 heavy (non-hydrogen) atoms. The van der Waals surface area contributed by atoms with Crippen molar-refractivity contribution in [1.29, 1.82) is 0 Å². The number of aromatic nitrogens is 1. The van der Waals surface area contributed by atoms with Crippen molar-refractivity contribution in [3.63, 3.8) is 0 Å². The second-order valence-electron chi connectivity index (χ2n) is 5.99. The zero-order chi connectivity index (χ0) is 19.6. The van der Waals surface area contributed by atoms with Crippen molar-refractivity contribution in [2.24, 2.45) is 0 Å². The highest BCUT2D eigenvalue weighted by Crippen LogP contribution is 2.24. The Morgan fingerprint density at radius 2 is 1.81 bits per heavy atom. The molecule has 140 valence electrons. The van der Waals surface area contributed by atoms with Crippen molar-refractivity contribution in [3.05, 3.63) is 65.4 Å². The van der Waals surface area contributed by atoms with E-state index < -0.39 is 18.7 Å². The fourth-order valence-electron chi connectivity index (χ4n) is 2.88. The molecule has 0 bridgehead atoms. The average molecular weight is 373 g/mol. The zero-order valence-electron chi connectivity index (χ0n) is 14.7. The molecule has 1 heterocycles. The maximum Gasteiger partial charge on any atom is 0.387 e. The summed E-state index contributed by atoms with van der Waals surface area (Å²) in [6.45, 7) is 0.245. The Morgan fingerprint density at radius 1 is 1.07 bits per heavy atom. The Morgan fingerprint density at radius 3 is 2.56 bits per heavy atom. The van der Waals surface area contributed by atoms with E-state index in [2.05, 4.69) is 9.72 Å². The number of benzene rings is 2. The number of H-pyrrole nitrogens is 1. The molecule has 0 saturated carbocycles. The van der Waals surface area contributed by atoms with Gasteiger partial charge in [-0.05, 0) is 38.1 Å². The quantitative estimate of drug-likeness (QED) is 0.510. The number of ketones is 1. The van der Waals surface area contributed by atoms with Crippen molar-refractivity contribution < 1.29 is 27.8 Å². The molecule has 5 nitrogen and oxygen atoms in total. The maximum atomic E-state index is 12.8. The number of ether oxygens (including phenoxy) is 2. The van der Waals surface area contributed by atoms with E-state index in [4.69, 9.17) is 4.74 Å². The van der Waals surface area contributed by atoms with Gasteiger partial charge in [-0.1, -0.05) is 24.3 Å². The van der Waals surface area contributed by atoms with Crippen LogP contribution in [-0.4, -0.2) is 29.5 Å². The van der Waals surface area contributed by atoms with Gasteiger partial charge < -0.3 is 14.5 Å². The molecule has 0 spiro atoms. The van der Waals surface area contributed by atoms with Crippen molar-refractivity contribution in [3.8, 4) is 5.75 Å². The van der Waals surface area contributed by atoms with Crippen LogP contribution in [-0.2, 0) is 4.74 Å². The number of hydrogen-bond acceptors (Lipinski definition) is 4. The molecule has 0 fully saturated rings. The number of rotatable bonds is 6. The lowest BCUT2D eigenvalue weighted by Gasteiger charge is -2.13. The number of fused-ring (bicyclic) bond motifs is 1. The van der Waals surface area contributed by atoms with Crippen LogP contribution in [0.5, 0.6) is 5.75 Å². The summed E-state index contributed by atoms with van der Waals surface area (Å²) in [6.07, 6.45) is -1.05. The number of nitrogens with one attached hydrogen (secondary N) is 1. The van der Waals surface area contributed by atoms with Crippen LogP contribution in [0.2, 0.25) is 0 Å². The number of carbonyl (C=O) groups is 2. The molecule has 0 aliphatic carbocycles. The highest BCUT2D eigenvalue weighted by Gasteiger charge is 2.25. The van der Waals surface area contributed by atoms with Crippen LogP contribution in [0.4, 0.5) is 8.78 Å². The lowest BCUT2D eigenvalue weighted by Crippen LogP contribution is -2.25. The summed E-state index contributed by atoms with van der Waals surface area (Å²) in [5.41, 5.74) is 1.97. The summed E-state index contributed by atoms with van der Waals surface area (Å²) in [4.78, 5) is 28.2. The largest absolute Gasteiger partial charge is 0.451 e. The minimum absolute atomic E-state index is 0.0171. The van der Waals surface area contributed by atoms with Gasteiger partial charge in [0, 0.05) is 22.2 Å². The highest BCUT2D eigenvalue weighted by atomic mass is 19.3. The van der Waals surface area contributed by atoms with Crippen LogP contribution in [0.15, 0.2) is 48.5 Å². The van der Waals surface area contributed by atoms with Gasteiger partial charge >= 0.3 is 12.6 Å². The van der Waals surface area contributed by atoms with E-state index in [1.807, 2.05) is 24.3 Å². The van der Waals surface area contributed by atoms with Gasteiger partial charge in [0.1, 0.15) is 5.75 Å². The first-order chi connectivity index (χ1) is 12.9. The van der Waals surface area contributed by atoms with Gasteiger partial charge in [0.05, 0.1) is 5.56 Å². The van der Waals surface area contributed by atoms with Crippen LogP contribution >= 0.6 is 0 Å². The molecule has 1 aromatic heterocycles. The van der Waals surface area contributed by atoms with Crippen molar-refractivity contribution in [1.82, 2.24) is 4.98 Å². The first-order valence-electron chi connectivity index (χ1n) is 8.24. The number of Topliss-reactive ketones (excluding diaryl/α,β-unsaturated/α-hetero) is 1. The third-order valence-electron chi connectivity index (χ3n) is 4.09. The van der Waals surface area contributed by atoms with Gasteiger partial charge in [-0.2, -0.15) is 8.78 Å². The minimum atomic E-state index is -3.00. The molecular formula is C20H17F2NO4. The van der Waals surface area contributed by atoms with Crippen LogP contribution in [0.1, 0.15) is 33.3 Å². The predicted octanol–water partition coefficient (Wildman–Crippen LogP) is 4.51. The fourth-order valence-corrected chi connectivity index (χ4v) is 2.88. The molecule has 0 unspecified atom stereocenters. The molecule has 3 rings (SSSR count). The van der Waals surface area contributed by atoms with Gasteiger partial charge in [-0.25, -0.2) is 4.79 Å². The topological polar surface area (TPSA) is 68.4 Å². The van der Waals surface area contributed by atoms with Gasteiger partial charge in [0.25, 0.3) is 0 Å². The van der Waals surface area contributed by atoms with Crippen LogP contribution in [0.3, 0.4) is 0 Å². The number of esters is 1. The lowest BCUT2D eigenvalue weighted by molar-refractivity contribution is -0.0499. The Kier molecular flexibility index (Phi) is 5.21. The van der Waals surface area contributed by atoms with Crippen LogP contribution < -0.4 is 4.74 Å². The predicted molar refractivity (Wildman–Crippen MR) is 95.3 cm³/mol. The monoisotopic (exact) mass is 373 g/mol. The molecule has 0 aliphatic rings. The molecule has 2 aromatic carbocycles. The normalized spacial score (nSPS) is 12.2. The minimum Gasteiger partial charge on any atom is -0.451 e.